The summed E-state index contributed by atoms with van der Waals surface area (Å²) in [5.41, 5.74) is 3.63. The Kier molecular flexibility index (Phi) is 4.96. The molecule has 1 aliphatic rings. The van der Waals surface area contributed by atoms with Crippen LogP contribution in [0.25, 0.3) is 0 Å². The van der Waals surface area contributed by atoms with Crippen LogP contribution in [-0.4, -0.2) is 16.4 Å². The van der Waals surface area contributed by atoms with E-state index in [0.717, 1.165) is 25.2 Å². The van der Waals surface area contributed by atoms with Crippen LogP contribution in [0.5, 0.6) is 0 Å². The second-order valence-corrected chi connectivity index (χ2v) is 4.30. The van der Waals surface area contributed by atoms with Gasteiger partial charge < -0.3 is 4.90 Å². The molecule has 0 atom stereocenters. The number of nitriles is 1. The van der Waals surface area contributed by atoms with Gasteiger partial charge in [0.2, 0.25) is 0 Å². The van der Waals surface area contributed by atoms with Gasteiger partial charge >= 0.3 is 0 Å². The van der Waals surface area contributed by atoms with Crippen molar-refractivity contribution >= 4 is 0 Å². The van der Waals surface area contributed by atoms with E-state index in [9.17, 15) is 0 Å². The van der Waals surface area contributed by atoms with Gasteiger partial charge in [0.15, 0.2) is 6.19 Å². The molecule has 0 aliphatic carbocycles. The topological polar surface area (TPSA) is 39.9 Å². The van der Waals surface area contributed by atoms with Crippen LogP contribution in [0, 0.1) is 11.5 Å². The molecule has 0 radical (unpaired) electrons. The Morgan fingerprint density at radius 2 is 2.12 bits per heavy atom. The molecule has 17 heavy (non-hydrogen) atoms. The number of rotatable bonds is 1. The van der Waals surface area contributed by atoms with E-state index in [-0.39, 0.29) is 0 Å². The highest BCUT2D eigenvalue weighted by atomic mass is 15.1. The third-order valence-corrected chi connectivity index (χ3v) is 2.87. The summed E-state index contributed by atoms with van der Waals surface area (Å²) in [6.45, 7) is 9.85. The smallest absolute Gasteiger partial charge is 0.179 e. The Bertz CT molecular complexity index is 404. The average Bonchev–Trinajstić information content (AvgIpc) is 2.39. The molecule has 0 N–H and O–H groups in total. The van der Waals surface area contributed by atoms with Crippen LogP contribution in [0.2, 0.25) is 0 Å². The number of hydrogen-bond donors (Lipinski definition) is 0. The van der Waals surface area contributed by atoms with E-state index >= 15 is 0 Å². The van der Waals surface area contributed by atoms with Gasteiger partial charge in [-0.15, -0.1) is 0 Å². The quantitative estimate of drug-likeness (QED) is 0.697. The van der Waals surface area contributed by atoms with Crippen LogP contribution in [0.4, 0.5) is 0 Å². The molecule has 92 valence electrons. The standard InChI is InChI=1S/C12H15N3.C2H6/c1-9(2)10-5-11-7-15(8-13)4-3-12(11)14-6-10;1-2/h5-6,9H,3-4,7H2,1-2H3;1-2H3. The van der Waals surface area contributed by atoms with E-state index in [4.69, 9.17) is 5.26 Å². The highest BCUT2D eigenvalue weighted by Crippen LogP contribution is 2.21. The summed E-state index contributed by atoms with van der Waals surface area (Å²) in [5.74, 6) is 0.500. The molecule has 0 saturated carbocycles. The molecule has 3 heteroatoms. The fourth-order valence-corrected chi connectivity index (χ4v) is 1.85. The summed E-state index contributed by atoms with van der Waals surface area (Å²) in [7, 11) is 0. The molecule has 0 aromatic carbocycles. The number of hydrogen-bond acceptors (Lipinski definition) is 3. The van der Waals surface area contributed by atoms with Crippen molar-refractivity contribution in [2.24, 2.45) is 0 Å². The summed E-state index contributed by atoms with van der Waals surface area (Å²) in [6, 6.07) is 2.19. The van der Waals surface area contributed by atoms with Crippen LogP contribution in [-0.2, 0) is 13.0 Å². The normalized spacial score (nSPS) is 13.5. The summed E-state index contributed by atoms with van der Waals surface area (Å²) >= 11 is 0. The first-order chi connectivity index (χ1) is 8.20. The first-order valence-electron chi connectivity index (χ1n) is 6.33. The Labute approximate surface area is 104 Å². The Hall–Kier alpha value is -1.56. The van der Waals surface area contributed by atoms with Crippen molar-refractivity contribution < 1.29 is 0 Å². The molecule has 1 aromatic rings. The fourth-order valence-electron chi connectivity index (χ4n) is 1.85. The van der Waals surface area contributed by atoms with Crippen LogP contribution >= 0.6 is 0 Å². The largest absolute Gasteiger partial charge is 0.306 e. The lowest BCUT2D eigenvalue weighted by molar-refractivity contribution is 0.364. The molecular formula is C14H21N3. The molecule has 0 bridgehead atoms. The second kappa shape index (κ2) is 6.24. The number of nitrogens with zero attached hydrogens (tertiary/aromatic N) is 3. The minimum atomic E-state index is 0.500. The van der Waals surface area contributed by atoms with E-state index in [1.165, 1.54) is 11.1 Å². The van der Waals surface area contributed by atoms with Gasteiger partial charge in [-0.1, -0.05) is 33.8 Å². The van der Waals surface area contributed by atoms with Crippen LogP contribution in [0.3, 0.4) is 0 Å². The Morgan fingerprint density at radius 1 is 1.41 bits per heavy atom. The van der Waals surface area contributed by atoms with Gasteiger partial charge in [0, 0.05) is 24.9 Å². The maximum atomic E-state index is 8.85. The van der Waals surface area contributed by atoms with Crippen molar-refractivity contribution in [3.05, 3.63) is 29.1 Å². The van der Waals surface area contributed by atoms with Gasteiger partial charge in [-0.05, 0) is 17.0 Å². The van der Waals surface area contributed by atoms with Gasteiger partial charge in [0.1, 0.15) is 0 Å². The molecule has 2 rings (SSSR count). The summed E-state index contributed by atoms with van der Waals surface area (Å²) < 4.78 is 0. The minimum absolute atomic E-state index is 0.500. The van der Waals surface area contributed by atoms with Gasteiger partial charge in [0.25, 0.3) is 0 Å². The maximum Gasteiger partial charge on any atom is 0.179 e. The maximum absolute atomic E-state index is 8.85. The lowest BCUT2D eigenvalue weighted by atomic mass is 9.99. The molecule has 0 spiro atoms. The van der Waals surface area contributed by atoms with Crippen LogP contribution in [0.1, 0.15) is 50.4 Å². The molecule has 1 aliphatic heterocycles. The highest BCUT2D eigenvalue weighted by molar-refractivity contribution is 5.29. The summed E-state index contributed by atoms with van der Waals surface area (Å²) in [6.07, 6.45) is 5.05. The van der Waals surface area contributed by atoms with E-state index in [0.29, 0.717) is 5.92 Å². The molecule has 0 amide bonds. The van der Waals surface area contributed by atoms with Crippen molar-refractivity contribution in [3.8, 4) is 6.19 Å². The molecule has 0 unspecified atom stereocenters. The SMILES string of the molecule is CC.CC(C)c1cnc2c(c1)CN(C#N)CC2. The van der Waals surface area contributed by atoms with Crippen molar-refractivity contribution in [1.82, 2.24) is 9.88 Å². The molecule has 0 saturated heterocycles. The van der Waals surface area contributed by atoms with E-state index in [1.807, 2.05) is 20.0 Å². The molecule has 3 nitrogen and oxygen atoms in total. The minimum Gasteiger partial charge on any atom is -0.306 e. The van der Waals surface area contributed by atoms with Crippen molar-refractivity contribution in [1.29, 1.82) is 5.26 Å². The van der Waals surface area contributed by atoms with Crippen molar-refractivity contribution in [2.75, 3.05) is 6.54 Å². The van der Waals surface area contributed by atoms with Gasteiger partial charge in [-0.2, -0.15) is 5.26 Å². The van der Waals surface area contributed by atoms with Crippen molar-refractivity contribution in [3.63, 3.8) is 0 Å². The van der Waals surface area contributed by atoms with E-state index in [2.05, 4.69) is 31.1 Å². The third-order valence-electron chi connectivity index (χ3n) is 2.87. The van der Waals surface area contributed by atoms with Crippen LogP contribution < -0.4 is 0 Å². The second-order valence-electron chi connectivity index (χ2n) is 4.30. The number of pyridine rings is 1. The monoisotopic (exact) mass is 231 g/mol. The fraction of sp³-hybridized carbons (Fsp3) is 0.571. The molecular weight excluding hydrogens is 210 g/mol. The predicted octanol–water partition coefficient (Wildman–Crippen LogP) is 3.07. The van der Waals surface area contributed by atoms with Crippen molar-refractivity contribution in [2.45, 2.75) is 46.6 Å². The van der Waals surface area contributed by atoms with Crippen LogP contribution in [0.15, 0.2) is 12.3 Å². The average molecular weight is 231 g/mol. The van der Waals surface area contributed by atoms with E-state index in [1.54, 1.807) is 4.90 Å². The Morgan fingerprint density at radius 3 is 2.71 bits per heavy atom. The zero-order chi connectivity index (χ0) is 12.8. The highest BCUT2D eigenvalue weighted by Gasteiger charge is 2.16. The van der Waals surface area contributed by atoms with E-state index < -0.39 is 0 Å². The Balaban J connectivity index is 0.000000686. The molecule has 2 heterocycles. The third kappa shape index (κ3) is 3.20. The zero-order valence-corrected chi connectivity index (χ0v) is 11.2. The predicted molar refractivity (Wildman–Crippen MR) is 69.4 cm³/mol. The summed E-state index contributed by atoms with van der Waals surface area (Å²) in [5, 5.41) is 8.85. The molecule has 0 fully saturated rings. The first kappa shape index (κ1) is 13.5. The number of fused-ring (bicyclic) bond motifs is 1. The number of aromatic nitrogens is 1. The van der Waals surface area contributed by atoms with Gasteiger partial charge in [0.05, 0.1) is 6.54 Å². The zero-order valence-electron chi connectivity index (χ0n) is 11.2. The molecule has 1 aromatic heterocycles. The lowest BCUT2D eigenvalue weighted by Crippen LogP contribution is -2.27. The first-order valence-corrected chi connectivity index (χ1v) is 6.33. The van der Waals surface area contributed by atoms with Gasteiger partial charge in [-0.25, -0.2) is 0 Å². The summed E-state index contributed by atoms with van der Waals surface area (Å²) in [4.78, 5) is 6.26. The lowest BCUT2D eigenvalue weighted by Gasteiger charge is -2.23. The van der Waals surface area contributed by atoms with Gasteiger partial charge in [-0.3, -0.25) is 4.98 Å².